The predicted octanol–water partition coefficient (Wildman–Crippen LogP) is 2.02. The first-order chi connectivity index (χ1) is 16.2. The zero-order chi connectivity index (χ0) is 22.4. The largest absolute Gasteiger partial charge is 0.379 e. The minimum atomic E-state index is -0.456. The second kappa shape index (κ2) is 8.32. The van der Waals surface area contributed by atoms with Crippen LogP contribution in [-0.2, 0) is 16.0 Å². The fraction of sp³-hybridized carbons (Fsp3) is 0.455. The van der Waals surface area contributed by atoms with Gasteiger partial charge in [-0.3, -0.25) is 14.1 Å². The first kappa shape index (κ1) is 20.5. The summed E-state index contributed by atoms with van der Waals surface area (Å²) < 4.78 is 34.5. The molecule has 2 aliphatic rings. The Hall–Kier alpha value is -3.15. The van der Waals surface area contributed by atoms with Gasteiger partial charge in [0.25, 0.3) is 11.4 Å². The molecule has 2 saturated heterocycles. The van der Waals surface area contributed by atoms with E-state index in [-0.39, 0.29) is 34.3 Å². The van der Waals surface area contributed by atoms with Crippen LogP contribution in [0.4, 0.5) is 4.39 Å². The molecular weight excluding hydrogens is 431 g/mol. The first-order valence-electron chi connectivity index (χ1n) is 11.1. The number of benzene rings is 1. The molecule has 2 aliphatic heterocycles. The van der Waals surface area contributed by atoms with Gasteiger partial charge in [0.1, 0.15) is 29.3 Å². The molecule has 10 nitrogen and oxygen atoms in total. The highest BCUT2D eigenvalue weighted by atomic mass is 19.1. The maximum Gasteiger partial charge on any atom is 0.279 e. The van der Waals surface area contributed by atoms with Gasteiger partial charge in [-0.2, -0.15) is 4.98 Å². The second-order valence-corrected chi connectivity index (χ2v) is 8.29. The van der Waals surface area contributed by atoms with Gasteiger partial charge in [0.2, 0.25) is 5.82 Å². The number of para-hydroxylation sites is 1. The normalized spacial score (nSPS) is 19.7. The number of morpholine rings is 1. The highest BCUT2D eigenvalue weighted by Crippen LogP contribution is 2.29. The Morgan fingerprint density at radius 3 is 2.82 bits per heavy atom. The summed E-state index contributed by atoms with van der Waals surface area (Å²) in [5, 5.41) is 4.04. The number of ether oxygens (including phenoxy) is 2. The maximum atomic E-state index is 14.9. The smallest absolute Gasteiger partial charge is 0.279 e. The molecule has 1 atom stereocenters. The summed E-state index contributed by atoms with van der Waals surface area (Å²) in [6.07, 6.45) is 3.04. The third-order valence-electron chi connectivity index (χ3n) is 6.32. The molecule has 0 N–H and O–H groups in total. The van der Waals surface area contributed by atoms with E-state index in [2.05, 4.69) is 20.0 Å². The number of nitrogens with zero attached hydrogens (tertiary/aromatic N) is 6. The van der Waals surface area contributed by atoms with Crippen molar-refractivity contribution in [3.63, 3.8) is 0 Å². The number of halogens is 1. The lowest BCUT2D eigenvalue weighted by atomic mass is 10.2. The van der Waals surface area contributed by atoms with Crippen LogP contribution in [0.3, 0.4) is 0 Å². The summed E-state index contributed by atoms with van der Waals surface area (Å²) in [6, 6.07) is 4.76. The van der Waals surface area contributed by atoms with Crippen molar-refractivity contribution in [1.82, 2.24) is 29.0 Å². The number of hydrogen-bond acceptors (Lipinski definition) is 8. The van der Waals surface area contributed by atoms with Crippen molar-refractivity contribution >= 4 is 16.6 Å². The Balaban J connectivity index is 1.47. The molecule has 2 fully saturated rings. The Morgan fingerprint density at radius 1 is 1.12 bits per heavy atom. The van der Waals surface area contributed by atoms with Crippen LogP contribution in [0.25, 0.3) is 28.1 Å². The van der Waals surface area contributed by atoms with Gasteiger partial charge >= 0.3 is 0 Å². The standard InChI is InChI=1S/C22H23FN6O4/c23-14-3-1-4-15-18(14)28(7-6-27-8-11-31-12-9-27)22(30)19-17(24-13-29(15)19)21-25-20(26-33-21)16-5-2-10-32-16/h1,3-4,13,16H,2,5-12H2. The molecule has 0 bridgehead atoms. The van der Waals surface area contributed by atoms with Gasteiger partial charge in [-0.1, -0.05) is 11.2 Å². The number of imidazole rings is 1. The van der Waals surface area contributed by atoms with E-state index >= 15 is 0 Å². The molecule has 0 spiro atoms. The van der Waals surface area contributed by atoms with Crippen molar-refractivity contribution in [3.8, 4) is 11.6 Å². The van der Waals surface area contributed by atoms with Gasteiger partial charge in [-0.25, -0.2) is 9.37 Å². The van der Waals surface area contributed by atoms with Crippen LogP contribution in [0.15, 0.2) is 33.8 Å². The van der Waals surface area contributed by atoms with Crippen molar-refractivity contribution in [1.29, 1.82) is 0 Å². The molecular formula is C22H23FN6O4. The van der Waals surface area contributed by atoms with Crippen molar-refractivity contribution in [2.24, 2.45) is 0 Å². The monoisotopic (exact) mass is 454 g/mol. The summed E-state index contributed by atoms with van der Waals surface area (Å²) in [7, 11) is 0. The Bertz CT molecular complexity index is 1370. The summed E-state index contributed by atoms with van der Waals surface area (Å²) in [5.41, 5.74) is 0.993. The minimum Gasteiger partial charge on any atom is -0.379 e. The number of fused-ring (bicyclic) bond motifs is 3. The third-order valence-corrected chi connectivity index (χ3v) is 6.32. The van der Waals surface area contributed by atoms with Crippen LogP contribution in [0.5, 0.6) is 0 Å². The Kier molecular flexibility index (Phi) is 5.16. The fourth-order valence-electron chi connectivity index (χ4n) is 4.61. The zero-order valence-electron chi connectivity index (χ0n) is 17.9. The van der Waals surface area contributed by atoms with Gasteiger partial charge in [-0.15, -0.1) is 0 Å². The van der Waals surface area contributed by atoms with Crippen molar-refractivity contribution in [2.75, 3.05) is 39.5 Å². The number of rotatable bonds is 5. The van der Waals surface area contributed by atoms with Gasteiger partial charge < -0.3 is 18.6 Å². The van der Waals surface area contributed by atoms with E-state index in [1.807, 2.05) is 0 Å². The van der Waals surface area contributed by atoms with E-state index in [0.29, 0.717) is 44.3 Å². The fourth-order valence-corrected chi connectivity index (χ4v) is 4.61. The minimum absolute atomic E-state index is 0.149. The molecule has 1 unspecified atom stereocenters. The van der Waals surface area contributed by atoms with Gasteiger partial charge in [0.15, 0.2) is 5.69 Å². The van der Waals surface area contributed by atoms with Crippen LogP contribution in [-0.4, -0.2) is 68.4 Å². The average molecular weight is 454 g/mol. The van der Waals surface area contributed by atoms with E-state index in [1.54, 1.807) is 16.5 Å². The second-order valence-electron chi connectivity index (χ2n) is 8.29. The molecule has 172 valence electrons. The molecule has 33 heavy (non-hydrogen) atoms. The molecule has 11 heteroatoms. The predicted molar refractivity (Wildman–Crippen MR) is 115 cm³/mol. The van der Waals surface area contributed by atoms with E-state index in [4.69, 9.17) is 14.0 Å². The van der Waals surface area contributed by atoms with Gasteiger partial charge in [-0.05, 0) is 25.0 Å². The van der Waals surface area contributed by atoms with Crippen molar-refractivity contribution in [3.05, 3.63) is 46.5 Å². The molecule has 5 heterocycles. The number of aromatic nitrogens is 5. The lowest BCUT2D eigenvalue weighted by molar-refractivity contribution is 0.0364. The summed E-state index contributed by atoms with van der Waals surface area (Å²) >= 11 is 0. The average Bonchev–Trinajstić information content (AvgIpc) is 3.60. The highest BCUT2D eigenvalue weighted by Gasteiger charge is 2.27. The van der Waals surface area contributed by atoms with E-state index < -0.39 is 5.82 Å². The van der Waals surface area contributed by atoms with Crippen LogP contribution in [0.1, 0.15) is 24.8 Å². The molecule has 0 aliphatic carbocycles. The number of hydrogen-bond donors (Lipinski definition) is 0. The molecule has 0 amide bonds. The van der Waals surface area contributed by atoms with Crippen molar-refractivity contribution in [2.45, 2.75) is 25.5 Å². The SMILES string of the molecule is O=c1c2c(-c3nc(C4CCCO4)no3)ncn2c2cccc(F)c2n1CCN1CCOCC1. The molecule has 0 saturated carbocycles. The quantitative estimate of drug-likeness (QED) is 0.452. The summed E-state index contributed by atoms with van der Waals surface area (Å²) in [6.45, 7) is 4.47. The van der Waals surface area contributed by atoms with Crippen molar-refractivity contribution < 1.29 is 18.4 Å². The van der Waals surface area contributed by atoms with Gasteiger partial charge in [0.05, 0.1) is 18.7 Å². The topological polar surface area (TPSA) is 99.9 Å². The summed E-state index contributed by atoms with van der Waals surface area (Å²) in [5.74, 6) is 0.140. The molecule has 3 aromatic heterocycles. The third kappa shape index (κ3) is 3.52. The summed E-state index contributed by atoms with van der Waals surface area (Å²) in [4.78, 5) is 24.7. The molecule has 1 aromatic carbocycles. The van der Waals surface area contributed by atoms with Crippen LogP contribution in [0, 0.1) is 5.82 Å². The van der Waals surface area contributed by atoms with Crippen LogP contribution < -0.4 is 5.56 Å². The van der Waals surface area contributed by atoms with E-state index in [0.717, 1.165) is 25.9 Å². The van der Waals surface area contributed by atoms with Crippen LogP contribution in [0.2, 0.25) is 0 Å². The van der Waals surface area contributed by atoms with E-state index in [1.165, 1.54) is 17.0 Å². The van der Waals surface area contributed by atoms with Gasteiger partial charge in [0, 0.05) is 32.8 Å². The molecule has 4 aromatic rings. The zero-order valence-corrected chi connectivity index (χ0v) is 17.9. The first-order valence-corrected chi connectivity index (χ1v) is 11.1. The Labute approximate surface area is 187 Å². The maximum absolute atomic E-state index is 14.9. The highest BCUT2D eigenvalue weighted by molar-refractivity contribution is 5.83. The Morgan fingerprint density at radius 2 is 2.00 bits per heavy atom. The molecule has 6 rings (SSSR count). The molecule has 0 radical (unpaired) electrons. The lowest BCUT2D eigenvalue weighted by Crippen LogP contribution is -2.39. The van der Waals surface area contributed by atoms with E-state index in [9.17, 15) is 9.18 Å². The van der Waals surface area contributed by atoms with Crippen LogP contribution >= 0.6 is 0 Å². The lowest BCUT2D eigenvalue weighted by Gasteiger charge is -2.27.